The van der Waals surface area contributed by atoms with E-state index in [1.54, 1.807) is 31.2 Å². The number of ether oxygens (including phenoxy) is 1. The van der Waals surface area contributed by atoms with Crippen LogP contribution in [0.4, 0.5) is 10.1 Å². The summed E-state index contributed by atoms with van der Waals surface area (Å²) in [6, 6.07) is 9.14. The van der Waals surface area contributed by atoms with E-state index in [0.717, 1.165) is 0 Å². The number of hydrogen-bond acceptors (Lipinski definition) is 3. The second kappa shape index (κ2) is 7.04. The molecule has 0 aromatic heterocycles. The number of hydrogen-bond donors (Lipinski definition) is 2. The number of carbonyl (C=O) groups is 1. The van der Waals surface area contributed by atoms with Crippen molar-refractivity contribution in [2.24, 2.45) is 0 Å². The van der Waals surface area contributed by atoms with Gasteiger partial charge in [-0.3, -0.25) is 4.79 Å². The van der Waals surface area contributed by atoms with Gasteiger partial charge in [-0.15, -0.1) is 0 Å². The smallest absolute Gasteiger partial charge is 0.255 e. The second-order valence-corrected chi connectivity index (χ2v) is 4.89. The largest absolute Gasteiger partial charge is 0.494 e. The van der Waals surface area contributed by atoms with Crippen LogP contribution in [0.15, 0.2) is 36.4 Å². The molecule has 4 nitrogen and oxygen atoms in total. The summed E-state index contributed by atoms with van der Waals surface area (Å²) >= 11 is 0. The molecular weight excluding hydrogens is 285 g/mol. The van der Waals surface area contributed by atoms with Crippen molar-refractivity contribution in [2.45, 2.75) is 20.5 Å². The summed E-state index contributed by atoms with van der Waals surface area (Å²) < 4.78 is 18.7. The first-order chi connectivity index (χ1) is 10.5. The molecule has 0 spiro atoms. The maximum atomic E-state index is 13.4. The third-order valence-electron chi connectivity index (χ3n) is 3.09. The fourth-order valence-electron chi connectivity index (χ4n) is 2.15. The molecule has 116 valence electrons. The van der Waals surface area contributed by atoms with E-state index >= 15 is 0 Å². The number of nitrogens with one attached hydrogen (secondary N) is 1. The molecule has 0 fully saturated rings. The van der Waals surface area contributed by atoms with Gasteiger partial charge in [0.1, 0.15) is 11.6 Å². The van der Waals surface area contributed by atoms with Gasteiger partial charge in [0.15, 0.2) is 0 Å². The van der Waals surface area contributed by atoms with Crippen LogP contribution in [0.2, 0.25) is 0 Å². The number of anilines is 1. The van der Waals surface area contributed by atoms with Gasteiger partial charge < -0.3 is 15.2 Å². The summed E-state index contributed by atoms with van der Waals surface area (Å²) in [5.74, 6) is -0.284. The maximum absolute atomic E-state index is 13.4. The predicted molar refractivity (Wildman–Crippen MR) is 82.6 cm³/mol. The first kappa shape index (κ1) is 16.0. The van der Waals surface area contributed by atoms with Gasteiger partial charge in [-0.05, 0) is 55.8 Å². The number of amides is 1. The van der Waals surface area contributed by atoms with Crippen molar-refractivity contribution in [3.63, 3.8) is 0 Å². The van der Waals surface area contributed by atoms with Crippen LogP contribution in [0, 0.1) is 12.7 Å². The van der Waals surface area contributed by atoms with E-state index < -0.39 is 11.7 Å². The molecule has 0 saturated carbocycles. The van der Waals surface area contributed by atoms with Crippen LogP contribution in [-0.4, -0.2) is 17.6 Å². The third-order valence-corrected chi connectivity index (χ3v) is 3.09. The predicted octanol–water partition coefficient (Wildman–Crippen LogP) is 3.28. The molecule has 0 aliphatic carbocycles. The lowest BCUT2D eigenvalue weighted by Crippen LogP contribution is -2.13. The van der Waals surface area contributed by atoms with E-state index in [9.17, 15) is 14.3 Å². The van der Waals surface area contributed by atoms with Gasteiger partial charge in [-0.1, -0.05) is 0 Å². The Hall–Kier alpha value is -2.40. The molecule has 22 heavy (non-hydrogen) atoms. The Morgan fingerprint density at radius 2 is 2.05 bits per heavy atom. The number of halogens is 1. The van der Waals surface area contributed by atoms with Crippen LogP contribution in [0.3, 0.4) is 0 Å². The minimum atomic E-state index is -0.451. The normalized spacial score (nSPS) is 10.4. The van der Waals surface area contributed by atoms with E-state index in [0.29, 0.717) is 29.2 Å². The molecule has 2 rings (SSSR count). The Morgan fingerprint density at radius 1 is 1.27 bits per heavy atom. The molecule has 0 heterocycles. The fourth-order valence-corrected chi connectivity index (χ4v) is 2.15. The summed E-state index contributed by atoms with van der Waals surface area (Å²) in [6.45, 7) is 3.86. The van der Waals surface area contributed by atoms with Crippen molar-refractivity contribution in [1.29, 1.82) is 0 Å². The zero-order valence-electron chi connectivity index (χ0n) is 12.5. The number of aliphatic hydroxyl groups is 1. The van der Waals surface area contributed by atoms with Gasteiger partial charge in [0.05, 0.1) is 13.2 Å². The van der Waals surface area contributed by atoms with Gasteiger partial charge in [0, 0.05) is 16.8 Å². The molecule has 0 radical (unpaired) electrons. The summed E-state index contributed by atoms with van der Waals surface area (Å²) in [5, 5.41) is 12.0. The fraction of sp³-hybridized carbons (Fsp3) is 0.235. The standard InChI is InChI=1S/C17H18FNO3/c1-3-22-16-5-4-15(9-13(16)10-20)19-17(21)12-6-11(2)7-14(18)8-12/h4-9,20H,3,10H2,1-2H3,(H,19,21). The van der Waals surface area contributed by atoms with Gasteiger partial charge in [0.25, 0.3) is 5.91 Å². The van der Waals surface area contributed by atoms with Crippen molar-refractivity contribution in [3.8, 4) is 5.75 Å². The Labute approximate surface area is 128 Å². The highest BCUT2D eigenvalue weighted by atomic mass is 19.1. The zero-order valence-corrected chi connectivity index (χ0v) is 12.5. The summed E-state index contributed by atoms with van der Waals surface area (Å²) in [7, 11) is 0. The van der Waals surface area contributed by atoms with E-state index in [1.807, 2.05) is 6.92 Å². The highest BCUT2D eigenvalue weighted by Crippen LogP contribution is 2.23. The van der Waals surface area contributed by atoms with E-state index in [2.05, 4.69) is 5.32 Å². The molecule has 0 bridgehead atoms. The highest BCUT2D eigenvalue weighted by molar-refractivity contribution is 6.04. The first-order valence-electron chi connectivity index (χ1n) is 6.98. The summed E-state index contributed by atoms with van der Waals surface area (Å²) in [5.41, 5.74) is 2.01. The second-order valence-electron chi connectivity index (χ2n) is 4.89. The Balaban J connectivity index is 2.21. The number of aliphatic hydroxyl groups excluding tert-OH is 1. The lowest BCUT2D eigenvalue weighted by atomic mass is 10.1. The van der Waals surface area contributed by atoms with Gasteiger partial charge in [-0.2, -0.15) is 0 Å². The Bertz CT molecular complexity index is 665. The molecule has 0 aliphatic heterocycles. The summed E-state index contributed by atoms with van der Waals surface area (Å²) in [4.78, 5) is 12.2. The van der Waals surface area contributed by atoms with E-state index in [1.165, 1.54) is 12.1 Å². The third kappa shape index (κ3) is 3.83. The van der Waals surface area contributed by atoms with Crippen LogP contribution in [0.25, 0.3) is 0 Å². The number of benzene rings is 2. The lowest BCUT2D eigenvalue weighted by molar-refractivity contribution is 0.102. The molecule has 0 saturated heterocycles. The topological polar surface area (TPSA) is 58.6 Å². The van der Waals surface area contributed by atoms with Crippen molar-refractivity contribution >= 4 is 11.6 Å². The molecule has 0 unspecified atom stereocenters. The maximum Gasteiger partial charge on any atom is 0.255 e. The lowest BCUT2D eigenvalue weighted by Gasteiger charge is -2.11. The number of rotatable bonds is 5. The Kier molecular flexibility index (Phi) is 5.12. The molecule has 2 aromatic carbocycles. The Morgan fingerprint density at radius 3 is 2.68 bits per heavy atom. The first-order valence-corrected chi connectivity index (χ1v) is 6.98. The average molecular weight is 303 g/mol. The highest BCUT2D eigenvalue weighted by Gasteiger charge is 2.10. The molecule has 5 heteroatoms. The molecular formula is C17H18FNO3. The zero-order chi connectivity index (χ0) is 16.1. The number of carbonyl (C=O) groups excluding carboxylic acids is 1. The van der Waals surface area contributed by atoms with Gasteiger partial charge >= 0.3 is 0 Å². The van der Waals surface area contributed by atoms with Gasteiger partial charge in [-0.25, -0.2) is 4.39 Å². The summed E-state index contributed by atoms with van der Waals surface area (Å²) in [6.07, 6.45) is 0. The molecule has 0 atom stereocenters. The van der Waals surface area contributed by atoms with Crippen LogP contribution in [0.5, 0.6) is 5.75 Å². The molecule has 0 aliphatic rings. The average Bonchev–Trinajstić information content (AvgIpc) is 2.48. The van der Waals surface area contributed by atoms with Crippen molar-refractivity contribution in [1.82, 2.24) is 0 Å². The molecule has 1 amide bonds. The SMILES string of the molecule is CCOc1ccc(NC(=O)c2cc(C)cc(F)c2)cc1CO. The van der Waals surface area contributed by atoms with Crippen molar-refractivity contribution in [3.05, 3.63) is 58.9 Å². The van der Waals surface area contributed by atoms with E-state index in [4.69, 9.17) is 4.74 Å². The minimum absolute atomic E-state index is 0.196. The van der Waals surface area contributed by atoms with Crippen LogP contribution >= 0.6 is 0 Å². The minimum Gasteiger partial charge on any atom is -0.494 e. The van der Waals surface area contributed by atoms with Crippen molar-refractivity contribution < 1.29 is 19.0 Å². The number of aryl methyl sites for hydroxylation is 1. The monoisotopic (exact) mass is 303 g/mol. The van der Waals surface area contributed by atoms with Gasteiger partial charge in [0.2, 0.25) is 0 Å². The van der Waals surface area contributed by atoms with Crippen molar-refractivity contribution in [2.75, 3.05) is 11.9 Å². The molecule has 2 aromatic rings. The quantitative estimate of drug-likeness (QED) is 0.891. The molecule has 2 N–H and O–H groups in total. The van der Waals surface area contributed by atoms with E-state index in [-0.39, 0.29) is 12.2 Å². The van der Waals surface area contributed by atoms with Crippen LogP contribution in [-0.2, 0) is 6.61 Å². The van der Waals surface area contributed by atoms with Crippen LogP contribution < -0.4 is 10.1 Å². The van der Waals surface area contributed by atoms with Crippen LogP contribution in [0.1, 0.15) is 28.4 Å².